The number of amides is 1. The highest BCUT2D eigenvalue weighted by Crippen LogP contribution is 2.28. The van der Waals surface area contributed by atoms with E-state index in [1.54, 1.807) is 16.8 Å². The standard InChI is InChI=1S/C21H25ClN6O/c1-12-9-13(2)24-21(23-12)28-15(4)17(14(3)26-28)11-20(29)25-18-10-16(22)7-8-19(18)27(5)6/h7-10H,11H2,1-6H3,(H,25,29). The number of hydrogen-bond donors (Lipinski definition) is 1. The first kappa shape index (κ1) is 20.8. The number of carbonyl (C=O) groups excluding carboxylic acids is 1. The van der Waals surface area contributed by atoms with Gasteiger partial charge in [-0.2, -0.15) is 5.10 Å². The average molecular weight is 413 g/mol. The predicted molar refractivity (Wildman–Crippen MR) is 116 cm³/mol. The molecule has 2 heterocycles. The van der Waals surface area contributed by atoms with Gasteiger partial charge < -0.3 is 10.2 Å². The Hall–Kier alpha value is -2.93. The van der Waals surface area contributed by atoms with Crippen LogP contribution in [0.4, 0.5) is 11.4 Å². The molecule has 1 aromatic carbocycles. The van der Waals surface area contributed by atoms with E-state index in [0.29, 0.717) is 16.7 Å². The molecular formula is C21H25ClN6O. The lowest BCUT2D eigenvalue weighted by Crippen LogP contribution is -2.18. The molecule has 0 saturated heterocycles. The maximum absolute atomic E-state index is 12.8. The molecule has 0 aliphatic rings. The zero-order chi connectivity index (χ0) is 21.3. The van der Waals surface area contributed by atoms with Gasteiger partial charge in [-0.1, -0.05) is 11.6 Å². The van der Waals surface area contributed by atoms with Crippen molar-refractivity contribution >= 4 is 28.9 Å². The fourth-order valence-electron chi connectivity index (χ4n) is 3.28. The fourth-order valence-corrected chi connectivity index (χ4v) is 3.45. The molecule has 0 radical (unpaired) electrons. The van der Waals surface area contributed by atoms with Crippen LogP contribution in [0.15, 0.2) is 24.3 Å². The van der Waals surface area contributed by atoms with E-state index in [0.717, 1.165) is 34.0 Å². The van der Waals surface area contributed by atoms with Crippen molar-refractivity contribution in [2.24, 2.45) is 0 Å². The molecule has 0 unspecified atom stereocenters. The third-order valence-corrected chi connectivity index (χ3v) is 4.89. The lowest BCUT2D eigenvalue weighted by molar-refractivity contribution is -0.115. The molecule has 8 heteroatoms. The van der Waals surface area contributed by atoms with Gasteiger partial charge in [0.15, 0.2) is 0 Å². The van der Waals surface area contributed by atoms with Crippen LogP contribution >= 0.6 is 11.6 Å². The highest BCUT2D eigenvalue weighted by atomic mass is 35.5. The molecule has 1 N–H and O–H groups in total. The van der Waals surface area contributed by atoms with Crippen LogP contribution in [0.1, 0.15) is 28.3 Å². The van der Waals surface area contributed by atoms with Gasteiger partial charge in [0.25, 0.3) is 5.95 Å². The van der Waals surface area contributed by atoms with Crippen LogP contribution in [0.25, 0.3) is 5.95 Å². The van der Waals surface area contributed by atoms with E-state index >= 15 is 0 Å². The Balaban J connectivity index is 1.87. The predicted octanol–water partition coefficient (Wildman–Crippen LogP) is 3.80. The van der Waals surface area contributed by atoms with Gasteiger partial charge in [0.1, 0.15) is 0 Å². The lowest BCUT2D eigenvalue weighted by atomic mass is 10.1. The largest absolute Gasteiger partial charge is 0.376 e. The fraction of sp³-hybridized carbons (Fsp3) is 0.333. The highest BCUT2D eigenvalue weighted by molar-refractivity contribution is 6.31. The summed E-state index contributed by atoms with van der Waals surface area (Å²) >= 11 is 6.12. The van der Waals surface area contributed by atoms with E-state index in [1.165, 1.54) is 0 Å². The van der Waals surface area contributed by atoms with E-state index in [1.807, 2.05) is 58.8 Å². The van der Waals surface area contributed by atoms with Gasteiger partial charge in [-0.05, 0) is 52.0 Å². The minimum absolute atomic E-state index is 0.137. The van der Waals surface area contributed by atoms with Crippen LogP contribution in [-0.2, 0) is 11.2 Å². The first-order valence-electron chi connectivity index (χ1n) is 9.30. The van der Waals surface area contributed by atoms with E-state index in [2.05, 4.69) is 20.4 Å². The number of hydrogen-bond acceptors (Lipinski definition) is 5. The van der Waals surface area contributed by atoms with E-state index in [9.17, 15) is 4.79 Å². The smallest absolute Gasteiger partial charge is 0.251 e. The quantitative estimate of drug-likeness (QED) is 0.689. The molecule has 29 heavy (non-hydrogen) atoms. The Morgan fingerprint density at radius 2 is 1.76 bits per heavy atom. The molecule has 2 aromatic heterocycles. The Morgan fingerprint density at radius 1 is 1.10 bits per heavy atom. The maximum Gasteiger partial charge on any atom is 0.251 e. The number of nitrogens with one attached hydrogen (secondary N) is 1. The van der Waals surface area contributed by atoms with Gasteiger partial charge in [0.05, 0.1) is 23.5 Å². The summed E-state index contributed by atoms with van der Waals surface area (Å²) in [5, 5.41) is 8.10. The molecular weight excluding hydrogens is 388 g/mol. The number of aryl methyl sites for hydroxylation is 3. The second-order valence-electron chi connectivity index (χ2n) is 7.29. The zero-order valence-electron chi connectivity index (χ0n) is 17.5. The minimum atomic E-state index is -0.137. The molecule has 0 spiro atoms. The third-order valence-electron chi connectivity index (χ3n) is 4.65. The number of halogens is 1. The number of rotatable bonds is 5. The molecule has 0 saturated carbocycles. The Labute approximate surface area is 175 Å². The molecule has 0 atom stereocenters. The number of aromatic nitrogens is 4. The van der Waals surface area contributed by atoms with E-state index in [-0.39, 0.29) is 12.3 Å². The Kier molecular flexibility index (Phi) is 5.88. The molecule has 3 aromatic rings. The molecule has 0 bridgehead atoms. The summed E-state index contributed by atoms with van der Waals surface area (Å²) in [7, 11) is 3.84. The summed E-state index contributed by atoms with van der Waals surface area (Å²) in [5.41, 5.74) is 5.79. The van der Waals surface area contributed by atoms with Crippen molar-refractivity contribution in [3.63, 3.8) is 0 Å². The van der Waals surface area contributed by atoms with E-state index in [4.69, 9.17) is 11.6 Å². The third kappa shape index (κ3) is 4.56. The normalized spacial score (nSPS) is 10.9. The van der Waals surface area contributed by atoms with Crippen LogP contribution < -0.4 is 10.2 Å². The molecule has 0 aliphatic carbocycles. The van der Waals surface area contributed by atoms with Crippen LogP contribution in [-0.4, -0.2) is 39.8 Å². The SMILES string of the molecule is Cc1cc(C)nc(-n2nc(C)c(CC(=O)Nc3cc(Cl)ccc3N(C)C)c2C)n1. The van der Waals surface area contributed by atoms with Gasteiger partial charge in [-0.3, -0.25) is 4.79 Å². The summed E-state index contributed by atoms with van der Waals surface area (Å²) in [5.74, 6) is 0.377. The zero-order valence-corrected chi connectivity index (χ0v) is 18.3. The number of nitrogens with zero attached hydrogens (tertiary/aromatic N) is 5. The summed E-state index contributed by atoms with van der Waals surface area (Å²) in [6.07, 6.45) is 0.196. The Bertz CT molecular complexity index is 1050. The van der Waals surface area contributed by atoms with Gasteiger partial charge >= 0.3 is 0 Å². The summed E-state index contributed by atoms with van der Waals surface area (Å²) in [6.45, 7) is 7.66. The lowest BCUT2D eigenvalue weighted by Gasteiger charge is -2.18. The van der Waals surface area contributed by atoms with Crippen molar-refractivity contribution < 1.29 is 4.79 Å². The minimum Gasteiger partial charge on any atom is -0.376 e. The van der Waals surface area contributed by atoms with Crippen LogP contribution in [0.3, 0.4) is 0 Å². The number of benzene rings is 1. The molecule has 7 nitrogen and oxygen atoms in total. The number of anilines is 2. The first-order chi connectivity index (χ1) is 13.7. The van der Waals surface area contributed by atoms with Crippen molar-refractivity contribution in [1.29, 1.82) is 0 Å². The molecule has 0 fully saturated rings. The van der Waals surface area contributed by atoms with Crippen molar-refractivity contribution in [1.82, 2.24) is 19.7 Å². The van der Waals surface area contributed by atoms with Gasteiger partial charge in [-0.15, -0.1) is 0 Å². The molecule has 3 rings (SSSR count). The number of carbonyl (C=O) groups is 1. The second-order valence-corrected chi connectivity index (χ2v) is 7.73. The Morgan fingerprint density at radius 3 is 2.38 bits per heavy atom. The molecule has 0 aliphatic heterocycles. The summed E-state index contributed by atoms with van der Waals surface area (Å²) in [4.78, 5) is 23.7. The van der Waals surface area contributed by atoms with Crippen LogP contribution in [0.5, 0.6) is 0 Å². The van der Waals surface area contributed by atoms with Crippen molar-refractivity contribution in [2.75, 3.05) is 24.3 Å². The van der Waals surface area contributed by atoms with Crippen molar-refractivity contribution in [3.05, 3.63) is 57.6 Å². The topological polar surface area (TPSA) is 75.9 Å². The first-order valence-corrected chi connectivity index (χ1v) is 9.68. The highest BCUT2D eigenvalue weighted by Gasteiger charge is 2.18. The van der Waals surface area contributed by atoms with Crippen LogP contribution in [0.2, 0.25) is 5.02 Å². The maximum atomic E-state index is 12.8. The van der Waals surface area contributed by atoms with Crippen molar-refractivity contribution in [3.8, 4) is 5.95 Å². The van der Waals surface area contributed by atoms with E-state index < -0.39 is 0 Å². The van der Waals surface area contributed by atoms with Crippen LogP contribution in [0, 0.1) is 27.7 Å². The molecule has 1 amide bonds. The molecule has 152 valence electrons. The summed E-state index contributed by atoms with van der Waals surface area (Å²) < 4.78 is 1.70. The van der Waals surface area contributed by atoms with Gasteiger partial charge in [0, 0.05) is 41.8 Å². The second kappa shape index (κ2) is 8.21. The monoisotopic (exact) mass is 412 g/mol. The average Bonchev–Trinajstić information content (AvgIpc) is 2.89. The van der Waals surface area contributed by atoms with Gasteiger partial charge in [-0.25, -0.2) is 14.6 Å². The van der Waals surface area contributed by atoms with Gasteiger partial charge in [0.2, 0.25) is 5.91 Å². The summed E-state index contributed by atoms with van der Waals surface area (Å²) in [6, 6.07) is 7.34. The van der Waals surface area contributed by atoms with Crippen molar-refractivity contribution in [2.45, 2.75) is 34.1 Å².